The lowest BCUT2D eigenvalue weighted by Gasteiger charge is -2.30. The van der Waals surface area contributed by atoms with E-state index in [9.17, 15) is 14.0 Å². The molecular formula is C15H14FN3O2. The second-order valence-corrected chi connectivity index (χ2v) is 5.17. The Balaban J connectivity index is 2.07. The van der Waals surface area contributed by atoms with E-state index in [1.165, 1.54) is 6.07 Å². The zero-order valence-corrected chi connectivity index (χ0v) is 11.4. The van der Waals surface area contributed by atoms with Crippen LogP contribution in [-0.4, -0.2) is 21.6 Å². The van der Waals surface area contributed by atoms with Crippen molar-refractivity contribution in [3.8, 4) is 0 Å². The predicted molar refractivity (Wildman–Crippen MR) is 72.9 cm³/mol. The molecule has 0 aliphatic carbocycles. The fourth-order valence-corrected chi connectivity index (χ4v) is 2.79. The van der Waals surface area contributed by atoms with Crippen LogP contribution in [0.15, 0.2) is 36.7 Å². The van der Waals surface area contributed by atoms with Crippen LogP contribution in [0.1, 0.15) is 29.4 Å². The summed E-state index contributed by atoms with van der Waals surface area (Å²) in [5, 5.41) is 6.36. The molecule has 0 bridgehead atoms. The molecule has 1 aromatic heterocycles. The number of carbonyl (C=O) groups excluding carboxylic acids is 2. The first-order valence-corrected chi connectivity index (χ1v) is 6.63. The van der Waals surface area contributed by atoms with Gasteiger partial charge >= 0.3 is 0 Å². The lowest BCUT2D eigenvalue weighted by Crippen LogP contribution is -2.43. The molecule has 2 heterocycles. The molecule has 0 saturated carbocycles. The van der Waals surface area contributed by atoms with Crippen LogP contribution in [0.5, 0.6) is 0 Å². The van der Waals surface area contributed by atoms with Crippen LogP contribution in [-0.2, 0) is 16.6 Å². The van der Waals surface area contributed by atoms with Crippen LogP contribution >= 0.6 is 0 Å². The topological polar surface area (TPSA) is 64.0 Å². The molecule has 1 aliphatic heterocycles. The summed E-state index contributed by atoms with van der Waals surface area (Å²) >= 11 is 0. The average Bonchev–Trinajstić information content (AvgIpc) is 2.86. The van der Waals surface area contributed by atoms with E-state index in [2.05, 4.69) is 10.4 Å². The number of aromatic nitrogens is 2. The molecular weight excluding hydrogens is 273 g/mol. The summed E-state index contributed by atoms with van der Waals surface area (Å²) in [6.07, 6.45) is 3.51. The zero-order chi connectivity index (χ0) is 15.0. The molecule has 5 nitrogen and oxygen atoms in total. The molecule has 2 atom stereocenters. The number of nitrogens with zero attached hydrogens (tertiary/aromatic N) is 2. The summed E-state index contributed by atoms with van der Waals surface area (Å²) in [5.74, 6) is -2.39. The Bertz CT molecular complexity index is 710. The lowest BCUT2D eigenvalue weighted by molar-refractivity contribution is -0.135. The van der Waals surface area contributed by atoms with Gasteiger partial charge in [-0.05, 0) is 11.6 Å². The van der Waals surface area contributed by atoms with E-state index >= 15 is 0 Å². The summed E-state index contributed by atoms with van der Waals surface area (Å²) in [4.78, 5) is 23.9. The number of rotatable bonds is 2. The molecule has 2 unspecified atom stereocenters. The summed E-state index contributed by atoms with van der Waals surface area (Å²) in [6, 6.07) is 6.16. The summed E-state index contributed by atoms with van der Waals surface area (Å²) in [7, 11) is 1.76. The summed E-state index contributed by atoms with van der Waals surface area (Å²) in [6.45, 7) is 0. The Morgan fingerprint density at radius 1 is 1.33 bits per heavy atom. The van der Waals surface area contributed by atoms with Crippen molar-refractivity contribution in [2.75, 3.05) is 0 Å². The van der Waals surface area contributed by atoms with Gasteiger partial charge in [0.05, 0.1) is 12.1 Å². The number of hydrogen-bond donors (Lipinski definition) is 1. The molecule has 108 valence electrons. The van der Waals surface area contributed by atoms with Crippen LogP contribution in [0.2, 0.25) is 0 Å². The fraction of sp³-hybridized carbons (Fsp3) is 0.267. The normalized spacial score (nSPS) is 22.2. The Morgan fingerprint density at radius 2 is 2.10 bits per heavy atom. The number of aryl methyl sites for hydroxylation is 1. The Kier molecular flexibility index (Phi) is 3.29. The van der Waals surface area contributed by atoms with Gasteiger partial charge < -0.3 is 0 Å². The fourth-order valence-electron chi connectivity index (χ4n) is 2.79. The highest BCUT2D eigenvalue weighted by molar-refractivity contribution is 6.02. The predicted octanol–water partition coefficient (Wildman–Crippen LogP) is 1.47. The van der Waals surface area contributed by atoms with Crippen molar-refractivity contribution in [2.45, 2.75) is 18.3 Å². The van der Waals surface area contributed by atoms with Crippen molar-refractivity contribution in [3.05, 3.63) is 53.6 Å². The first kappa shape index (κ1) is 13.5. The third kappa shape index (κ3) is 2.44. The molecule has 3 rings (SSSR count). The largest absolute Gasteiger partial charge is 0.296 e. The first-order valence-electron chi connectivity index (χ1n) is 6.63. The molecule has 6 heteroatoms. The number of carbonyl (C=O) groups is 2. The van der Waals surface area contributed by atoms with Gasteiger partial charge in [-0.1, -0.05) is 18.2 Å². The van der Waals surface area contributed by atoms with Gasteiger partial charge in [0.15, 0.2) is 0 Å². The van der Waals surface area contributed by atoms with Gasteiger partial charge in [-0.15, -0.1) is 0 Å². The molecule has 2 aromatic rings. The number of imide groups is 1. The molecule has 21 heavy (non-hydrogen) atoms. The standard InChI is InChI=1S/C15H14FN3O2/c1-19-8-9(7-17-19)11-6-13(20)18-15(21)14(11)10-4-2-3-5-12(10)16/h2-5,7-8,11,14H,6H2,1H3,(H,18,20,21). The monoisotopic (exact) mass is 287 g/mol. The number of amides is 2. The minimum atomic E-state index is -0.729. The summed E-state index contributed by atoms with van der Waals surface area (Å²) in [5.41, 5.74) is 1.06. The van der Waals surface area contributed by atoms with Crippen molar-refractivity contribution >= 4 is 11.8 Å². The van der Waals surface area contributed by atoms with Crippen LogP contribution in [0.25, 0.3) is 0 Å². The minimum Gasteiger partial charge on any atom is -0.296 e. The summed E-state index contributed by atoms with van der Waals surface area (Å²) < 4.78 is 15.7. The van der Waals surface area contributed by atoms with Crippen molar-refractivity contribution in [1.29, 1.82) is 0 Å². The van der Waals surface area contributed by atoms with E-state index in [0.717, 1.165) is 5.56 Å². The number of hydrogen-bond acceptors (Lipinski definition) is 3. The molecule has 0 radical (unpaired) electrons. The van der Waals surface area contributed by atoms with E-state index in [0.29, 0.717) is 5.56 Å². The van der Waals surface area contributed by atoms with Gasteiger partial charge in [-0.2, -0.15) is 5.10 Å². The van der Waals surface area contributed by atoms with Gasteiger partial charge in [0.25, 0.3) is 0 Å². The van der Waals surface area contributed by atoms with E-state index in [-0.39, 0.29) is 12.3 Å². The average molecular weight is 287 g/mol. The van der Waals surface area contributed by atoms with Gasteiger partial charge in [0, 0.05) is 31.1 Å². The number of piperidine rings is 1. The number of nitrogens with one attached hydrogen (secondary N) is 1. The highest BCUT2D eigenvalue weighted by atomic mass is 19.1. The van der Waals surface area contributed by atoms with Gasteiger partial charge in [0.1, 0.15) is 5.82 Å². The molecule has 2 amide bonds. The smallest absolute Gasteiger partial charge is 0.234 e. The van der Waals surface area contributed by atoms with Gasteiger partial charge in [-0.3, -0.25) is 19.6 Å². The van der Waals surface area contributed by atoms with Crippen LogP contribution in [0.4, 0.5) is 4.39 Å². The maximum absolute atomic E-state index is 14.1. The maximum Gasteiger partial charge on any atom is 0.234 e. The van der Waals surface area contributed by atoms with Gasteiger partial charge in [0.2, 0.25) is 11.8 Å². The highest BCUT2D eigenvalue weighted by Crippen LogP contribution is 2.39. The van der Waals surface area contributed by atoms with Gasteiger partial charge in [-0.25, -0.2) is 4.39 Å². The molecule has 1 fully saturated rings. The Hall–Kier alpha value is -2.50. The van der Waals surface area contributed by atoms with Crippen LogP contribution in [0.3, 0.4) is 0 Å². The lowest BCUT2D eigenvalue weighted by atomic mass is 9.77. The van der Waals surface area contributed by atoms with Crippen LogP contribution in [0, 0.1) is 5.82 Å². The zero-order valence-electron chi connectivity index (χ0n) is 11.4. The van der Waals surface area contributed by atoms with Crippen molar-refractivity contribution < 1.29 is 14.0 Å². The van der Waals surface area contributed by atoms with Crippen molar-refractivity contribution in [2.24, 2.45) is 7.05 Å². The quantitative estimate of drug-likeness (QED) is 0.851. The maximum atomic E-state index is 14.1. The van der Waals surface area contributed by atoms with E-state index in [4.69, 9.17) is 0 Å². The van der Waals surface area contributed by atoms with Crippen molar-refractivity contribution in [3.63, 3.8) is 0 Å². The number of benzene rings is 1. The van der Waals surface area contributed by atoms with E-state index < -0.39 is 23.6 Å². The van der Waals surface area contributed by atoms with Crippen molar-refractivity contribution in [1.82, 2.24) is 15.1 Å². The van der Waals surface area contributed by atoms with Crippen LogP contribution < -0.4 is 5.32 Å². The van der Waals surface area contributed by atoms with E-state index in [1.54, 1.807) is 42.3 Å². The first-order chi connectivity index (χ1) is 10.1. The molecule has 1 aromatic carbocycles. The second kappa shape index (κ2) is 5.12. The third-order valence-electron chi connectivity index (χ3n) is 3.75. The highest BCUT2D eigenvalue weighted by Gasteiger charge is 2.39. The Labute approximate surface area is 120 Å². The molecule has 1 aliphatic rings. The van der Waals surface area contributed by atoms with E-state index in [1.807, 2.05) is 0 Å². The second-order valence-electron chi connectivity index (χ2n) is 5.17. The Morgan fingerprint density at radius 3 is 2.76 bits per heavy atom. The minimum absolute atomic E-state index is 0.135. The molecule has 0 spiro atoms. The third-order valence-corrected chi connectivity index (χ3v) is 3.75. The molecule has 1 N–H and O–H groups in total. The SMILES string of the molecule is Cn1cc(C2CC(=O)NC(=O)C2c2ccccc2F)cn1. The molecule has 1 saturated heterocycles. The number of halogens is 1.